The third-order valence-corrected chi connectivity index (χ3v) is 11.2. The van der Waals surface area contributed by atoms with Crippen molar-refractivity contribution in [1.29, 1.82) is 0 Å². The molecular formula is C29H28N4O11S3. The number of anilines is 1. The van der Waals surface area contributed by atoms with Gasteiger partial charge in [-0.2, -0.15) is 0 Å². The first-order chi connectivity index (χ1) is 22.4. The average Bonchev–Trinajstić information content (AvgIpc) is 3.75. The molecule has 248 valence electrons. The van der Waals surface area contributed by atoms with Crippen LogP contribution in [0.25, 0.3) is 0 Å². The van der Waals surface area contributed by atoms with Gasteiger partial charge in [0.25, 0.3) is 5.69 Å². The Kier molecular flexibility index (Phi) is 10.2. The summed E-state index contributed by atoms with van der Waals surface area (Å²) in [4.78, 5) is 76.9. The van der Waals surface area contributed by atoms with Gasteiger partial charge in [0, 0.05) is 29.3 Å². The predicted molar refractivity (Wildman–Crippen MR) is 171 cm³/mol. The molecule has 3 aliphatic rings. The SMILES string of the molecule is C=CCOC(=O)c1cc(NC(=O)[C@@H]2C[C@H](SC3=C(C(=O)O)N4C(=O)[C@H](C(C)O)[C@H]4S3)CN2C(=O)OCc2ccc([N+](=O)[O-])cc2)cs1. The second-order valence-corrected chi connectivity index (χ2v) is 14.2. The molecule has 0 aliphatic carbocycles. The van der Waals surface area contributed by atoms with E-state index in [-0.39, 0.29) is 42.4 Å². The largest absolute Gasteiger partial charge is 0.477 e. The highest BCUT2D eigenvalue weighted by molar-refractivity contribution is 8.23. The lowest BCUT2D eigenvalue weighted by molar-refractivity contribution is -0.384. The number of hydrogen-bond acceptors (Lipinski definition) is 13. The molecule has 2 aromatic rings. The van der Waals surface area contributed by atoms with Gasteiger partial charge >= 0.3 is 18.0 Å². The minimum Gasteiger partial charge on any atom is -0.477 e. The van der Waals surface area contributed by atoms with E-state index in [0.717, 1.165) is 39.8 Å². The molecule has 1 aromatic carbocycles. The van der Waals surface area contributed by atoms with E-state index < -0.39 is 63.5 Å². The number of thioether (sulfide) groups is 2. The summed E-state index contributed by atoms with van der Waals surface area (Å²) in [5, 5.41) is 34.1. The second-order valence-electron chi connectivity index (χ2n) is 10.6. The molecule has 2 fully saturated rings. The van der Waals surface area contributed by atoms with Crippen LogP contribution >= 0.6 is 34.9 Å². The minimum atomic E-state index is -1.31. The molecule has 5 atom stereocenters. The van der Waals surface area contributed by atoms with E-state index in [1.807, 2.05) is 0 Å². The molecule has 2 saturated heterocycles. The summed E-state index contributed by atoms with van der Waals surface area (Å²) in [6.45, 7) is 4.73. The summed E-state index contributed by atoms with van der Waals surface area (Å²) < 4.78 is 10.8. The Bertz CT molecular complexity index is 1660. The number of esters is 1. The van der Waals surface area contributed by atoms with Gasteiger partial charge in [-0.3, -0.25) is 29.5 Å². The Morgan fingerprint density at radius 3 is 2.62 bits per heavy atom. The van der Waals surface area contributed by atoms with Crippen molar-refractivity contribution in [1.82, 2.24) is 9.80 Å². The third kappa shape index (κ3) is 7.14. The lowest BCUT2D eigenvalue weighted by Gasteiger charge is -2.43. The van der Waals surface area contributed by atoms with Crippen molar-refractivity contribution < 1.29 is 48.6 Å². The number of carboxylic acids is 1. The highest BCUT2D eigenvalue weighted by atomic mass is 32.2. The third-order valence-electron chi connectivity index (χ3n) is 7.45. The number of carbonyl (C=O) groups excluding carboxylic acids is 4. The van der Waals surface area contributed by atoms with Crippen LogP contribution in [0.4, 0.5) is 16.2 Å². The molecule has 3 N–H and O–H groups in total. The molecule has 18 heteroatoms. The smallest absolute Gasteiger partial charge is 0.410 e. The number of benzene rings is 1. The maximum absolute atomic E-state index is 13.5. The van der Waals surface area contributed by atoms with Crippen LogP contribution in [-0.4, -0.2) is 90.7 Å². The summed E-state index contributed by atoms with van der Waals surface area (Å²) in [5.41, 5.74) is 0.439. The summed E-state index contributed by atoms with van der Waals surface area (Å²) in [5.74, 6) is -3.74. The Morgan fingerprint density at radius 2 is 1.98 bits per heavy atom. The number of ether oxygens (including phenoxy) is 2. The predicted octanol–water partition coefficient (Wildman–Crippen LogP) is 3.62. The molecule has 3 aliphatic heterocycles. The number of amides is 3. The van der Waals surface area contributed by atoms with Gasteiger partial charge in [0.15, 0.2) is 5.70 Å². The van der Waals surface area contributed by atoms with Crippen molar-refractivity contribution in [3.8, 4) is 0 Å². The van der Waals surface area contributed by atoms with E-state index in [2.05, 4.69) is 11.9 Å². The zero-order valence-electron chi connectivity index (χ0n) is 24.6. The lowest BCUT2D eigenvalue weighted by Crippen LogP contribution is -2.60. The van der Waals surface area contributed by atoms with Gasteiger partial charge in [-0.15, -0.1) is 23.1 Å². The van der Waals surface area contributed by atoms with Crippen molar-refractivity contribution in [2.75, 3.05) is 18.5 Å². The van der Waals surface area contributed by atoms with Crippen molar-refractivity contribution in [3.63, 3.8) is 0 Å². The first kappa shape index (κ1) is 34.0. The molecule has 47 heavy (non-hydrogen) atoms. The Hall–Kier alpha value is -4.39. The maximum Gasteiger partial charge on any atom is 0.410 e. The number of thiophene rings is 1. The molecule has 4 heterocycles. The molecule has 15 nitrogen and oxygen atoms in total. The van der Waals surface area contributed by atoms with Gasteiger partial charge in [-0.25, -0.2) is 14.4 Å². The van der Waals surface area contributed by atoms with Crippen LogP contribution in [0.1, 0.15) is 28.6 Å². The monoisotopic (exact) mass is 704 g/mol. The number of fused-ring (bicyclic) bond motifs is 1. The number of nitrogens with one attached hydrogen (secondary N) is 1. The van der Waals surface area contributed by atoms with E-state index in [0.29, 0.717) is 15.5 Å². The van der Waals surface area contributed by atoms with Crippen LogP contribution in [0.15, 0.2) is 58.3 Å². The Morgan fingerprint density at radius 1 is 1.26 bits per heavy atom. The number of carbonyl (C=O) groups is 5. The summed E-state index contributed by atoms with van der Waals surface area (Å²) in [7, 11) is 0. The number of nitrogens with zero attached hydrogens (tertiary/aromatic N) is 3. The van der Waals surface area contributed by atoms with E-state index in [4.69, 9.17) is 9.47 Å². The fourth-order valence-corrected chi connectivity index (χ4v) is 9.29. The number of aliphatic hydroxyl groups is 1. The van der Waals surface area contributed by atoms with Gasteiger partial charge in [-0.05, 0) is 37.1 Å². The number of carboxylic acid groups (broad SMARTS) is 1. The van der Waals surface area contributed by atoms with Crippen LogP contribution in [0.3, 0.4) is 0 Å². The van der Waals surface area contributed by atoms with Crippen molar-refractivity contribution in [3.05, 3.63) is 78.9 Å². The molecule has 0 spiro atoms. The van der Waals surface area contributed by atoms with Gasteiger partial charge in [0.1, 0.15) is 29.5 Å². The number of likely N-dealkylation sites (tertiary alicyclic amines) is 1. The number of hydrogen-bond donors (Lipinski definition) is 3. The van der Waals surface area contributed by atoms with Crippen LogP contribution in [0.5, 0.6) is 0 Å². The molecule has 5 rings (SSSR count). The highest BCUT2D eigenvalue weighted by Crippen LogP contribution is 2.55. The highest BCUT2D eigenvalue weighted by Gasteiger charge is 2.58. The van der Waals surface area contributed by atoms with Crippen molar-refractivity contribution >= 4 is 76.1 Å². The van der Waals surface area contributed by atoms with E-state index in [1.165, 1.54) is 48.2 Å². The number of non-ortho nitro benzene ring substituents is 1. The van der Waals surface area contributed by atoms with Gasteiger partial charge in [0.2, 0.25) is 11.8 Å². The molecule has 0 radical (unpaired) electrons. The lowest BCUT2D eigenvalue weighted by atomic mass is 9.92. The molecule has 0 bridgehead atoms. The Balaban J connectivity index is 1.32. The quantitative estimate of drug-likeness (QED) is 0.0950. The van der Waals surface area contributed by atoms with Gasteiger partial charge < -0.3 is 25.0 Å². The first-order valence-electron chi connectivity index (χ1n) is 14.1. The number of nitro benzene ring substituents is 1. The topological polar surface area (TPSA) is 206 Å². The first-order valence-corrected chi connectivity index (χ1v) is 16.7. The molecule has 0 saturated carbocycles. The van der Waals surface area contributed by atoms with Crippen molar-refractivity contribution in [2.45, 2.75) is 42.7 Å². The average molecular weight is 705 g/mol. The Labute approximate surface area is 279 Å². The van der Waals surface area contributed by atoms with Crippen molar-refractivity contribution in [2.24, 2.45) is 5.92 Å². The van der Waals surface area contributed by atoms with Gasteiger partial charge in [0.05, 0.1) is 26.9 Å². The van der Waals surface area contributed by atoms with E-state index in [1.54, 1.807) is 5.38 Å². The van der Waals surface area contributed by atoms with Gasteiger partial charge in [-0.1, -0.05) is 24.4 Å². The van der Waals surface area contributed by atoms with Crippen LogP contribution in [0, 0.1) is 16.0 Å². The summed E-state index contributed by atoms with van der Waals surface area (Å²) in [6.07, 6.45) is -0.303. The standard InChI is InChI=1S/C29H28N4O11S3/c1-3-8-43-27(39)20-9-16(13-45-20)30-23(35)19-10-18(11-31(19)29(40)44-12-15-4-6-17(7-5-15)33(41)42)46-28-22(26(37)38)32-24(36)21(14(2)34)25(32)47-28/h3-7,9,13-14,18-19,21,25,34H,1,8,10-12H2,2H3,(H,30,35)(H,37,38)/t14?,18-,19-,21-,25+/m0/s1. The molecule has 1 aromatic heterocycles. The van der Waals surface area contributed by atoms with Crippen LogP contribution in [-0.2, 0) is 30.5 Å². The zero-order valence-corrected chi connectivity index (χ0v) is 27.0. The fraction of sp³-hybridized carbons (Fsp3) is 0.345. The fourth-order valence-electron chi connectivity index (χ4n) is 5.20. The normalized spacial score (nSPS) is 22.3. The number of aliphatic hydroxyl groups excluding tert-OH is 1. The van der Waals surface area contributed by atoms with Crippen LogP contribution < -0.4 is 5.32 Å². The number of nitro groups is 1. The minimum absolute atomic E-state index is 0.0139. The number of rotatable bonds is 12. The second kappa shape index (κ2) is 14.2. The maximum atomic E-state index is 13.5. The number of β-lactam (4-membered cyclic amide) rings is 1. The summed E-state index contributed by atoms with van der Waals surface area (Å²) >= 11 is 3.32. The van der Waals surface area contributed by atoms with E-state index in [9.17, 15) is 44.3 Å². The molecule has 1 unspecified atom stereocenters. The summed E-state index contributed by atoms with van der Waals surface area (Å²) in [6, 6.07) is 5.80. The van der Waals surface area contributed by atoms with E-state index >= 15 is 0 Å². The molecule has 3 amide bonds. The number of aliphatic carboxylic acids is 1. The van der Waals surface area contributed by atoms with Crippen LogP contribution in [0.2, 0.25) is 0 Å². The molecular weight excluding hydrogens is 677 g/mol. The zero-order chi connectivity index (χ0) is 34.0.